The van der Waals surface area contributed by atoms with Crippen LogP contribution in [0.1, 0.15) is 18.2 Å². The summed E-state index contributed by atoms with van der Waals surface area (Å²) in [5.41, 5.74) is 3.23. The van der Waals surface area contributed by atoms with Gasteiger partial charge in [0.25, 0.3) is 0 Å². The van der Waals surface area contributed by atoms with E-state index < -0.39 is 0 Å². The SMILES string of the molecule is Cc1cc(NC(=O)N[C@H](C)Cc2ccc(N(C)C)cc2)n(C)n1. The molecule has 1 aromatic heterocycles. The third-order valence-corrected chi connectivity index (χ3v) is 3.62. The van der Waals surface area contributed by atoms with Crippen LogP contribution >= 0.6 is 0 Å². The molecule has 0 bridgehead atoms. The molecule has 1 heterocycles. The molecule has 0 unspecified atom stereocenters. The zero-order valence-corrected chi connectivity index (χ0v) is 14.4. The number of hydrogen-bond donors (Lipinski definition) is 2. The van der Waals surface area contributed by atoms with Gasteiger partial charge in [-0.15, -0.1) is 0 Å². The van der Waals surface area contributed by atoms with Crippen LogP contribution in [0.25, 0.3) is 0 Å². The number of anilines is 2. The van der Waals surface area contributed by atoms with Gasteiger partial charge in [-0.25, -0.2) is 4.79 Å². The smallest absolute Gasteiger partial charge is 0.320 e. The van der Waals surface area contributed by atoms with E-state index in [2.05, 4.69) is 44.9 Å². The number of urea groups is 1. The highest BCUT2D eigenvalue weighted by Crippen LogP contribution is 2.13. The molecule has 2 amide bonds. The lowest BCUT2D eigenvalue weighted by Crippen LogP contribution is -2.37. The van der Waals surface area contributed by atoms with Crippen LogP contribution in [0.2, 0.25) is 0 Å². The second-order valence-electron chi connectivity index (χ2n) is 6.06. The Kier molecular flexibility index (Phi) is 5.26. The van der Waals surface area contributed by atoms with Crippen LogP contribution in [0.4, 0.5) is 16.3 Å². The molecule has 6 nitrogen and oxygen atoms in total. The number of carbonyl (C=O) groups is 1. The lowest BCUT2D eigenvalue weighted by atomic mass is 10.1. The van der Waals surface area contributed by atoms with E-state index in [1.54, 1.807) is 11.7 Å². The van der Waals surface area contributed by atoms with Crippen molar-refractivity contribution in [3.8, 4) is 0 Å². The minimum atomic E-state index is -0.217. The third kappa shape index (κ3) is 4.74. The van der Waals surface area contributed by atoms with E-state index in [9.17, 15) is 4.79 Å². The largest absolute Gasteiger partial charge is 0.378 e. The van der Waals surface area contributed by atoms with E-state index >= 15 is 0 Å². The second kappa shape index (κ2) is 7.17. The van der Waals surface area contributed by atoms with E-state index in [1.165, 1.54) is 11.3 Å². The van der Waals surface area contributed by atoms with Crippen molar-refractivity contribution in [1.82, 2.24) is 15.1 Å². The highest BCUT2D eigenvalue weighted by molar-refractivity contribution is 5.88. The lowest BCUT2D eigenvalue weighted by molar-refractivity contribution is 0.249. The quantitative estimate of drug-likeness (QED) is 0.891. The predicted octanol–water partition coefficient (Wildman–Crippen LogP) is 2.55. The summed E-state index contributed by atoms with van der Waals surface area (Å²) in [7, 11) is 5.84. The summed E-state index contributed by atoms with van der Waals surface area (Å²) in [6, 6.07) is 10.0. The van der Waals surface area contributed by atoms with Crippen LogP contribution < -0.4 is 15.5 Å². The molecule has 2 aromatic rings. The highest BCUT2D eigenvalue weighted by atomic mass is 16.2. The zero-order valence-electron chi connectivity index (χ0n) is 14.4. The maximum atomic E-state index is 12.0. The van der Waals surface area contributed by atoms with Gasteiger partial charge in [-0.05, 0) is 38.0 Å². The Morgan fingerprint density at radius 3 is 2.48 bits per heavy atom. The van der Waals surface area contributed by atoms with Gasteiger partial charge in [-0.1, -0.05) is 12.1 Å². The first kappa shape index (κ1) is 16.9. The molecule has 0 saturated heterocycles. The minimum Gasteiger partial charge on any atom is -0.378 e. The van der Waals surface area contributed by atoms with Crippen molar-refractivity contribution in [1.29, 1.82) is 0 Å². The Labute approximate surface area is 137 Å². The van der Waals surface area contributed by atoms with Gasteiger partial charge in [0.2, 0.25) is 0 Å². The van der Waals surface area contributed by atoms with Crippen molar-refractivity contribution in [2.45, 2.75) is 26.3 Å². The average Bonchev–Trinajstić information content (AvgIpc) is 2.76. The maximum Gasteiger partial charge on any atom is 0.320 e. The summed E-state index contributed by atoms with van der Waals surface area (Å²) in [4.78, 5) is 14.1. The molecule has 0 aliphatic heterocycles. The van der Waals surface area contributed by atoms with Gasteiger partial charge in [0.1, 0.15) is 5.82 Å². The third-order valence-electron chi connectivity index (χ3n) is 3.62. The number of carbonyl (C=O) groups excluding carboxylic acids is 1. The molecule has 2 rings (SSSR count). The first-order valence-electron chi connectivity index (χ1n) is 7.69. The van der Waals surface area contributed by atoms with Crippen LogP contribution in [-0.2, 0) is 13.5 Å². The van der Waals surface area contributed by atoms with Crippen molar-refractivity contribution in [2.24, 2.45) is 7.05 Å². The normalized spacial score (nSPS) is 11.9. The molecule has 0 aliphatic carbocycles. The molecule has 0 aliphatic rings. The molecule has 1 aromatic carbocycles. The molecule has 0 radical (unpaired) electrons. The number of nitrogens with one attached hydrogen (secondary N) is 2. The van der Waals surface area contributed by atoms with Gasteiger partial charge in [-0.3, -0.25) is 10.00 Å². The number of rotatable bonds is 5. The van der Waals surface area contributed by atoms with Gasteiger partial charge in [0.15, 0.2) is 0 Å². The number of nitrogens with zero attached hydrogens (tertiary/aromatic N) is 3. The van der Waals surface area contributed by atoms with Crippen LogP contribution in [0, 0.1) is 6.92 Å². The van der Waals surface area contributed by atoms with Crippen molar-refractivity contribution in [3.05, 3.63) is 41.6 Å². The first-order chi connectivity index (χ1) is 10.8. The first-order valence-corrected chi connectivity index (χ1v) is 7.69. The van der Waals surface area contributed by atoms with Gasteiger partial charge in [0, 0.05) is 38.9 Å². The monoisotopic (exact) mass is 315 g/mol. The van der Waals surface area contributed by atoms with Gasteiger partial charge < -0.3 is 10.2 Å². The molecule has 2 N–H and O–H groups in total. The Balaban J connectivity index is 1.87. The van der Waals surface area contributed by atoms with Crippen molar-refractivity contribution in [3.63, 3.8) is 0 Å². The fourth-order valence-corrected chi connectivity index (χ4v) is 2.44. The Bertz CT molecular complexity index is 660. The summed E-state index contributed by atoms with van der Waals surface area (Å²) in [6.45, 7) is 3.89. The number of aryl methyl sites for hydroxylation is 2. The summed E-state index contributed by atoms with van der Waals surface area (Å²) in [5, 5.41) is 9.97. The average molecular weight is 315 g/mol. The van der Waals surface area contributed by atoms with Crippen molar-refractivity contribution < 1.29 is 4.79 Å². The van der Waals surface area contributed by atoms with Crippen molar-refractivity contribution in [2.75, 3.05) is 24.3 Å². The molecule has 0 spiro atoms. The van der Waals surface area contributed by atoms with Gasteiger partial charge in [0.05, 0.1) is 5.69 Å². The fraction of sp³-hybridized carbons (Fsp3) is 0.412. The van der Waals surface area contributed by atoms with Gasteiger partial charge in [-0.2, -0.15) is 5.10 Å². The molecular formula is C17H25N5O. The predicted molar refractivity (Wildman–Crippen MR) is 94.0 cm³/mol. The Hall–Kier alpha value is -2.50. The molecule has 0 saturated carbocycles. The fourth-order valence-electron chi connectivity index (χ4n) is 2.44. The maximum absolute atomic E-state index is 12.0. The molecule has 23 heavy (non-hydrogen) atoms. The van der Waals surface area contributed by atoms with Crippen LogP contribution in [0.15, 0.2) is 30.3 Å². The molecular weight excluding hydrogens is 290 g/mol. The van der Waals surface area contributed by atoms with Crippen LogP contribution in [-0.4, -0.2) is 35.9 Å². The molecule has 124 valence electrons. The Morgan fingerprint density at radius 1 is 1.30 bits per heavy atom. The topological polar surface area (TPSA) is 62.2 Å². The Morgan fingerprint density at radius 2 is 1.96 bits per heavy atom. The zero-order chi connectivity index (χ0) is 17.0. The number of amides is 2. The summed E-state index contributed by atoms with van der Waals surface area (Å²) in [6.07, 6.45) is 0.783. The minimum absolute atomic E-state index is 0.0366. The highest BCUT2D eigenvalue weighted by Gasteiger charge is 2.10. The van der Waals surface area contributed by atoms with E-state index in [0.717, 1.165) is 12.1 Å². The number of benzene rings is 1. The molecule has 6 heteroatoms. The van der Waals surface area contributed by atoms with Crippen LogP contribution in [0.5, 0.6) is 0 Å². The van der Waals surface area contributed by atoms with E-state index in [-0.39, 0.29) is 12.1 Å². The van der Waals surface area contributed by atoms with E-state index in [4.69, 9.17) is 0 Å². The number of aromatic nitrogens is 2. The second-order valence-corrected chi connectivity index (χ2v) is 6.06. The van der Waals surface area contributed by atoms with E-state index in [1.807, 2.05) is 34.0 Å². The summed E-state index contributed by atoms with van der Waals surface area (Å²) >= 11 is 0. The van der Waals surface area contributed by atoms with Crippen molar-refractivity contribution >= 4 is 17.5 Å². The van der Waals surface area contributed by atoms with E-state index in [0.29, 0.717) is 5.82 Å². The standard InChI is InChI=1S/C17H25N5O/c1-12(10-14-6-8-15(9-7-14)21(3)4)18-17(23)19-16-11-13(2)20-22(16)5/h6-9,11-12H,10H2,1-5H3,(H2,18,19,23)/t12-/m1/s1. The lowest BCUT2D eigenvalue weighted by Gasteiger charge is -2.16. The molecule has 0 fully saturated rings. The summed E-state index contributed by atoms with van der Waals surface area (Å²) < 4.78 is 1.65. The van der Waals surface area contributed by atoms with Crippen LogP contribution in [0.3, 0.4) is 0 Å². The summed E-state index contributed by atoms with van der Waals surface area (Å²) in [5.74, 6) is 0.683. The molecule has 1 atom stereocenters. The van der Waals surface area contributed by atoms with Gasteiger partial charge >= 0.3 is 6.03 Å². The number of hydrogen-bond acceptors (Lipinski definition) is 3.